The van der Waals surface area contributed by atoms with Crippen LogP contribution in [0.4, 0.5) is 0 Å². The largest absolute Gasteiger partial charge is 0.318 e. The van der Waals surface area contributed by atoms with Gasteiger partial charge in [0, 0.05) is 27.5 Å². The molecule has 0 amide bonds. The van der Waals surface area contributed by atoms with Crippen molar-refractivity contribution in [2.75, 3.05) is 0 Å². The second kappa shape index (κ2) is 6.28. The van der Waals surface area contributed by atoms with Crippen molar-refractivity contribution in [2.24, 2.45) is 5.73 Å². The summed E-state index contributed by atoms with van der Waals surface area (Å²) in [7, 11) is 0. The number of rotatable bonds is 3. The van der Waals surface area contributed by atoms with E-state index in [4.69, 9.17) is 17.3 Å². The molecule has 0 aliphatic heterocycles. The van der Waals surface area contributed by atoms with Crippen molar-refractivity contribution in [3.05, 3.63) is 76.8 Å². The Hall–Kier alpha value is -2.34. The summed E-state index contributed by atoms with van der Waals surface area (Å²) in [5.41, 5.74) is 10.1. The quantitative estimate of drug-likeness (QED) is 0.591. The van der Waals surface area contributed by atoms with E-state index >= 15 is 0 Å². The fraction of sp³-hybridized carbons (Fsp3) is 0.0556. The van der Waals surface area contributed by atoms with Gasteiger partial charge in [-0.1, -0.05) is 29.8 Å². The Bertz CT molecular complexity index is 1000. The number of thiophene rings is 1. The lowest BCUT2D eigenvalue weighted by Gasteiger charge is -2.12. The maximum atomic E-state index is 6.44. The van der Waals surface area contributed by atoms with Crippen molar-refractivity contribution in [1.29, 1.82) is 0 Å². The standard InChI is InChI=1S/C18H13ClN4S/c19-12-5-3-4-11(8-12)13-9-24-18-15(13)17(22-10-23-18)16(20)14-6-1-2-7-21-14/h1-10,16H,20H2. The highest BCUT2D eigenvalue weighted by atomic mass is 35.5. The molecule has 0 saturated carbocycles. The third kappa shape index (κ3) is 2.67. The summed E-state index contributed by atoms with van der Waals surface area (Å²) >= 11 is 7.72. The summed E-state index contributed by atoms with van der Waals surface area (Å²) in [5.74, 6) is 0. The number of halogens is 1. The van der Waals surface area contributed by atoms with Gasteiger partial charge in [0.25, 0.3) is 0 Å². The first-order valence-corrected chi connectivity index (χ1v) is 8.64. The van der Waals surface area contributed by atoms with Gasteiger partial charge in [-0.25, -0.2) is 9.97 Å². The number of nitrogens with zero attached hydrogens (tertiary/aromatic N) is 3. The van der Waals surface area contributed by atoms with Crippen LogP contribution < -0.4 is 5.73 Å². The normalized spacial score (nSPS) is 12.4. The van der Waals surface area contributed by atoms with Crippen molar-refractivity contribution in [2.45, 2.75) is 6.04 Å². The molecule has 1 unspecified atom stereocenters. The minimum atomic E-state index is -0.413. The summed E-state index contributed by atoms with van der Waals surface area (Å²) in [5, 5.41) is 3.72. The molecule has 118 valence electrons. The average molecular weight is 353 g/mol. The van der Waals surface area contributed by atoms with Crippen molar-refractivity contribution >= 4 is 33.2 Å². The zero-order valence-electron chi connectivity index (χ0n) is 12.6. The number of nitrogens with two attached hydrogens (primary N) is 1. The predicted molar refractivity (Wildman–Crippen MR) is 98.1 cm³/mol. The fourth-order valence-corrected chi connectivity index (χ4v) is 3.82. The van der Waals surface area contributed by atoms with Crippen LogP contribution in [0.25, 0.3) is 21.3 Å². The Labute approximate surface area is 148 Å². The Morgan fingerprint density at radius 1 is 1.04 bits per heavy atom. The molecule has 3 aromatic heterocycles. The fourth-order valence-electron chi connectivity index (χ4n) is 2.70. The van der Waals surface area contributed by atoms with E-state index in [0.29, 0.717) is 5.02 Å². The molecule has 6 heteroatoms. The number of pyridine rings is 1. The first kappa shape index (κ1) is 15.2. The van der Waals surface area contributed by atoms with E-state index in [1.807, 2.05) is 42.5 Å². The average Bonchev–Trinajstić information content (AvgIpc) is 3.06. The summed E-state index contributed by atoms with van der Waals surface area (Å²) < 4.78 is 0. The van der Waals surface area contributed by atoms with Crippen LogP contribution in [0.1, 0.15) is 17.4 Å². The molecule has 24 heavy (non-hydrogen) atoms. The van der Waals surface area contributed by atoms with Crippen molar-refractivity contribution in [1.82, 2.24) is 15.0 Å². The zero-order chi connectivity index (χ0) is 16.5. The van der Waals surface area contributed by atoms with Gasteiger partial charge in [-0.05, 0) is 29.8 Å². The molecule has 0 aliphatic rings. The number of aromatic nitrogens is 3. The van der Waals surface area contributed by atoms with E-state index in [1.165, 1.54) is 0 Å². The van der Waals surface area contributed by atoms with E-state index < -0.39 is 6.04 Å². The van der Waals surface area contributed by atoms with Gasteiger partial charge in [0.1, 0.15) is 11.2 Å². The maximum absolute atomic E-state index is 6.44. The second-order valence-electron chi connectivity index (χ2n) is 5.33. The third-order valence-corrected chi connectivity index (χ3v) is 4.96. The Balaban J connectivity index is 1.92. The molecule has 2 N–H and O–H groups in total. The van der Waals surface area contributed by atoms with Crippen molar-refractivity contribution < 1.29 is 0 Å². The maximum Gasteiger partial charge on any atom is 0.127 e. The smallest absolute Gasteiger partial charge is 0.127 e. The molecule has 4 aromatic rings. The second-order valence-corrected chi connectivity index (χ2v) is 6.63. The highest BCUT2D eigenvalue weighted by molar-refractivity contribution is 7.17. The van der Waals surface area contributed by atoms with Gasteiger partial charge < -0.3 is 5.73 Å². The molecule has 0 bridgehead atoms. The Morgan fingerprint density at radius 3 is 2.75 bits per heavy atom. The zero-order valence-corrected chi connectivity index (χ0v) is 14.1. The number of hydrogen-bond acceptors (Lipinski definition) is 5. The summed E-state index contributed by atoms with van der Waals surface area (Å²) in [6.45, 7) is 0. The Kier molecular flexibility index (Phi) is 3.98. The monoisotopic (exact) mass is 352 g/mol. The molecule has 1 atom stereocenters. The minimum Gasteiger partial charge on any atom is -0.318 e. The van der Waals surface area contributed by atoms with Gasteiger partial charge in [-0.3, -0.25) is 4.98 Å². The summed E-state index contributed by atoms with van der Waals surface area (Å²) in [6.07, 6.45) is 3.29. The minimum absolute atomic E-state index is 0.413. The van der Waals surface area contributed by atoms with Gasteiger partial charge in [0.15, 0.2) is 0 Å². The van der Waals surface area contributed by atoms with Crippen LogP contribution in [-0.4, -0.2) is 15.0 Å². The van der Waals surface area contributed by atoms with Gasteiger partial charge in [-0.15, -0.1) is 11.3 Å². The highest BCUT2D eigenvalue weighted by Crippen LogP contribution is 2.37. The number of fused-ring (bicyclic) bond motifs is 1. The van der Waals surface area contributed by atoms with Crippen LogP contribution >= 0.6 is 22.9 Å². The van der Waals surface area contributed by atoms with Crippen molar-refractivity contribution in [3.63, 3.8) is 0 Å². The molecule has 0 fully saturated rings. The number of hydrogen-bond donors (Lipinski definition) is 1. The molecule has 1 aromatic carbocycles. The van der Waals surface area contributed by atoms with Gasteiger partial charge >= 0.3 is 0 Å². The molecule has 3 heterocycles. The van der Waals surface area contributed by atoms with E-state index in [0.717, 1.165) is 32.7 Å². The molecular weight excluding hydrogens is 340 g/mol. The molecule has 0 radical (unpaired) electrons. The molecule has 0 aliphatic carbocycles. The van der Waals surface area contributed by atoms with Crippen LogP contribution in [0.2, 0.25) is 5.02 Å². The molecule has 4 rings (SSSR count). The first-order valence-electron chi connectivity index (χ1n) is 7.38. The van der Waals surface area contributed by atoms with Crippen LogP contribution in [-0.2, 0) is 0 Å². The van der Waals surface area contributed by atoms with Gasteiger partial charge in [0.2, 0.25) is 0 Å². The summed E-state index contributed by atoms with van der Waals surface area (Å²) in [4.78, 5) is 14.1. The number of benzene rings is 1. The lowest BCUT2D eigenvalue weighted by atomic mass is 10.0. The van der Waals surface area contributed by atoms with Crippen LogP contribution in [0.15, 0.2) is 60.4 Å². The Morgan fingerprint density at radius 2 is 1.96 bits per heavy atom. The lowest BCUT2D eigenvalue weighted by Crippen LogP contribution is -2.15. The predicted octanol–water partition coefficient (Wildman–Crippen LogP) is 4.45. The SMILES string of the molecule is NC(c1ccccn1)c1ncnc2scc(-c3cccc(Cl)c3)c12. The van der Waals surface area contributed by atoms with E-state index in [2.05, 4.69) is 20.3 Å². The van der Waals surface area contributed by atoms with E-state index in [-0.39, 0.29) is 0 Å². The molecule has 0 saturated heterocycles. The first-order chi connectivity index (χ1) is 11.7. The third-order valence-electron chi connectivity index (χ3n) is 3.84. The summed E-state index contributed by atoms with van der Waals surface area (Å²) in [6, 6.07) is 13.0. The van der Waals surface area contributed by atoms with E-state index in [9.17, 15) is 0 Å². The van der Waals surface area contributed by atoms with Gasteiger partial charge in [-0.2, -0.15) is 0 Å². The van der Waals surface area contributed by atoms with Crippen LogP contribution in [0.5, 0.6) is 0 Å². The lowest BCUT2D eigenvalue weighted by molar-refractivity contribution is 0.800. The van der Waals surface area contributed by atoms with Crippen LogP contribution in [0, 0.1) is 0 Å². The highest BCUT2D eigenvalue weighted by Gasteiger charge is 2.19. The van der Waals surface area contributed by atoms with Crippen LogP contribution in [0.3, 0.4) is 0 Å². The van der Waals surface area contributed by atoms with E-state index in [1.54, 1.807) is 23.9 Å². The molecular formula is C18H13ClN4S. The van der Waals surface area contributed by atoms with Gasteiger partial charge in [0.05, 0.1) is 17.4 Å². The molecule has 4 nitrogen and oxygen atoms in total. The topological polar surface area (TPSA) is 64.7 Å². The molecule has 0 spiro atoms. The van der Waals surface area contributed by atoms with Crippen molar-refractivity contribution in [3.8, 4) is 11.1 Å².